The van der Waals surface area contributed by atoms with E-state index in [0.717, 1.165) is 28.5 Å². The highest BCUT2D eigenvalue weighted by Gasteiger charge is 2.39. The number of benzene rings is 1. The molecular formula is C14H16O2S. The summed E-state index contributed by atoms with van der Waals surface area (Å²) in [5.74, 6) is 0. The van der Waals surface area contributed by atoms with Gasteiger partial charge < -0.3 is 10.2 Å². The fourth-order valence-corrected chi connectivity index (χ4v) is 3.72. The molecule has 2 nitrogen and oxygen atoms in total. The van der Waals surface area contributed by atoms with Crippen LogP contribution in [0.25, 0.3) is 10.1 Å². The van der Waals surface area contributed by atoms with Crippen molar-refractivity contribution in [1.82, 2.24) is 0 Å². The molecule has 17 heavy (non-hydrogen) atoms. The first-order valence-electron chi connectivity index (χ1n) is 6.07. The topological polar surface area (TPSA) is 40.5 Å². The highest BCUT2D eigenvalue weighted by Crippen LogP contribution is 2.42. The Hall–Kier alpha value is -0.900. The molecule has 3 heteroatoms. The van der Waals surface area contributed by atoms with Crippen molar-refractivity contribution in [3.05, 3.63) is 35.2 Å². The van der Waals surface area contributed by atoms with Crippen LogP contribution in [-0.4, -0.2) is 15.8 Å². The molecule has 1 aliphatic carbocycles. The van der Waals surface area contributed by atoms with Gasteiger partial charge in [0, 0.05) is 10.3 Å². The number of aliphatic hydroxyl groups excluding tert-OH is 1. The third-order valence-corrected chi connectivity index (χ3v) is 4.76. The van der Waals surface area contributed by atoms with E-state index in [1.807, 2.05) is 23.6 Å². The summed E-state index contributed by atoms with van der Waals surface area (Å²) >= 11 is 1.63. The van der Waals surface area contributed by atoms with E-state index in [2.05, 4.69) is 6.07 Å². The van der Waals surface area contributed by atoms with Gasteiger partial charge in [-0.2, -0.15) is 0 Å². The van der Waals surface area contributed by atoms with Gasteiger partial charge in [0.15, 0.2) is 0 Å². The highest BCUT2D eigenvalue weighted by atomic mass is 32.1. The van der Waals surface area contributed by atoms with Crippen LogP contribution in [0.2, 0.25) is 0 Å². The van der Waals surface area contributed by atoms with Crippen molar-refractivity contribution in [2.75, 3.05) is 0 Å². The Morgan fingerprint density at radius 3 is 2.71 bits per heavy atom. The van der Waals surface area contributed by atoms with Crippen molar-refractivity contribution >= 4 is 21.4 Å². The third-order valence-electron chi connectivity index (χ3n) is 3.78. The lowest BCUT2D eigenvalue weighted by atomic mass is 9.89. The fraction of sp³-hybridized carbons (Fsp3) is 0.429. The van der Waals surface area contributed by atoms with E-state index in [4.69, 9.17) is 0 Å². The Morgan fingerprint density at radius 2 is 1.94 bits per heavy atom. The van der Waals surface area contributed by atoms with E-state index in [1.54, 1.807) is 11.3 Å². The van der Waals surface area contributed by atoms with Crippen LogP contribution < -0.4 is 0 Å². The minimum Gasteiger partial charge on any atom is -0.387 e. The van der Waals surface area contributed by atoms with Gasteiger partial charge in [0.1, 0.15) is 6.10 Å². The van der Waals surface area contributed by atoms with E-state index in [-0.39, 0.29) is 0 Å². The Kier molecular flexibility index (Phi) is 2.69. The lowest BCUT2D eigenvalue weighted by Crippen LogP contribution is -2.32. The SMILES string of the molecule is OC(c1cccc2ccsc12)C1(O)CCCC1. The fourth-order valence-electron chi connectivity index (χ4n) is 2.78. The zero-order valence-corrected chi connectivity index (χ0v) is 10.4. The van der Waals surface area contributed by atoms with Crippen LogP contribution >= 0.6 is 11.3 Å². The van der Waals surface area contributed by atoms with Crippen molar-refractivity contribution in [1.29, 1.82) is 0 Å². The standard InChI is InChI=1S/C14H16O2S/c15-13(14(16)7-1-2-8-14)11-5-3-4-10-6-9-17-12(10)11/h3-6,9,13,15-16H,1-2,7-8H2. The normalized spacial score (nSPS) is 20.8. The molecule has 0 bridgehead atoms. The van der Waals surface area contributed by atoms with Gasteiger partial charge in [-0.05, 0) is 29.7 Å². The van der Waals surface area contributed by atoms with Gasteiger partial charge in [-0.15, -0.1) is 11.3 Å². The van der Waals surface area contributed by atoms with Gasteiger partial charge in [-0.1, -0.05) is 31.0 Å². The van der Waals surface area contributed by atoms with Crippen LogP contribution in [0, 0.1) is 0 Å². The van der Waals surface area contributed by atoms with Crippen molar-refractivity contribution < 1.29 is 10.2 Å². The van der Waals surface area contributed by atoms with Crippen LogP contribution in [-0.2, 0) is 0 Å². The summed E-state index contributed by atoms with van der Waals surface area (Å²) in [5, 5.41) is 24.1. The van der Waals surface area contributed by atoms with Gasteiger partial charge >= 0.3 is 0 Å². The smallest absolute Gasteiger partial charge is 0.109 e. The molecule has 1 aromatic carbocycles. The molecule has 0 spiro atoms. The Bertz CT molecular complexity index is 526. The average molecular weight is 248 g/mol. The van der Waals surface area contributed by atoms with E-state index in [1.165, 1.54) is 0 Å². The molecule has 1 atom stereocenters. The first-order valence-corrected chi connectivity index (χ1v) is 6.95. The van der Waals surface area contributed by atoms with Crippen LogP contribution in [0.1, 0.15) is 37.4 Å². The number of hydrogen-bond donors (Lipinski definition) is 2. The minimum absolute atomic E-state index is 0.704. The molecular weight excluding hydrogens is 232 g/mol. The third kappa shape index (κ3) is 1.79. The Balaban J connectivity index is 2.05. The number of aliphatic hydroxyl groups is 2. The highest BCUT2D eigenvalue weighted by molar-refractivity contribution is 7.17. The van der Waals surface area contributed by atoms with Crippen LogP contribution in [0.15, 0.2) is 29.6 Å². The van der Waals surface area contributed by atoms with Crippen molar-refractivity contribution in [2.24, 2.45) is 0 Å². The second-order valence-electron chi connectivity index (χ2n) is 4.90. The lowest BCUT2D eigenvalue weighted by molar-refractivity contribution is -0.0711. The van der Waals surface area contributed by atoms with Crippen LogP contribution in [0.4, 0.5) is 0 Å². The molecule has 0 amide bonds. The van der Waals surface area contributed by atoms with Gasteiger partial charge in [-0.25, -0.2) is 0 Å². The maximum atomic E-state index is 10.5. The van der Waals surface area contributed by atoms with Gasteiger partial charge in [-0.3, -0.25) is 0 Å². The number of hydrogen-bond acceptors (Lipinski definition) is 3. The summed E-state index contributed by atoms with van der Waals surface area (Å²) < 4.78 is 1.10. The molecule has 90 valence electrons. The molecule has 1 aromatic heterocycles. The number of thiophene rings is 1. The summed E-state index contributed by atoms with van der Waals surface area (Å²) in [4.78, 5) is 0. The first-order chi connectivity index (χ1) is 8.21. The largest absolute Gasteiger partial charge is 0.387 e. The average Bonchev–Trinajstić information content (AvgIpc) is 2.96. The zero-order valence-electron chi connectivity index (χ0n) is 9.60. The number of rotatable bonds is 2. The molecule has 2 N–H and O–H groups in total. The van der Waals surface area contributed by atoms with E-state index in [9.17, 15) is 10.2 Å². The van der Waals surface area contributed by atoms with Crippen molar-refractivity contribution in [2.45, 2.75) is 37.4 Å². The molecule has 2 aromatic rings. The van der Waals surface area contributed by atoms with Gasteiger partial charge in [0.25, 0.3) is 0 Å². The van der Waals surface area contributed by atoms with Crippen LogP contribution in [0.5, 0.6) is 0 Å². The molecule has 0 saturated heterocycles. The molecule has 1 saturated carbocycles. The summed E-state index contributed by atoms with van der Waals surface area (Å²) in [6.07, 6.45) is 2.67. The molecule has 0 aliphatic heterocycles. The van der Waals surface area contributed by atoms with E-state index >= 15 is 0 Å². The van der Waals surface area contributed by atoms with Crippen molar-refractivity contribution in [3.8, 4) is 0 Å². The lowest BCUT2D eigenvalue weighted by Gasteiger charge is -2.29. The summed E-state index contributed by atoms with van der Waals surface area (Å²) in [6.45, 7) is 0. The monoisotopic (exact) mass is 248 g/mol. The Morgan fingerprint density at radius 1 is 1.18 bits per heavy atom. The van der Waals surface area contributed by atoms with Gasteiger partial charge in [0.05, 0.1) is 5.60 Å². The maximum Gasteiger partial charge on any atom is 0.109 e. The van der Waals surface area contributed by atoms with Gasteiger partial charge in [0.2, 0.25) is 0 Å². The zero-order chi connectivity index (χ0) is 11.9. The molecule has 1 heterocycles. The first kappa shape index (κ1) is 11.2. The molecule has 3 rings (SSSR count). The second-order valence-corrected chi connectivity index (χ2v) is 5.82. The molecule has 1 unspecified atom stereocenters. The van der Waals surface area contributed by atoms with E-state index in [0.29, 0.717) is 12.8 Å². The minimum atomic E-state index is -0.918. The van der Waals surface area contributed by atoms with Crippen molar-refractivity contribution in [3.63, 3.8) is 0 Å². The van der Waals surface area contributed by atoms with E-state index < -0.39 is 11.7 Å². The predicted molar refractivity (Wildman–Crippen MR) is 70.2 cm³/mol. The summed E-state index contributed by atoms with van der Waals surface area (Å²) in [5.41, 5.74) is -0.0416. The second kappa shape index (κ2) is 4.09. The molecule has 1 fully saturated rings. The summed E-state index contributed by atoms with van der Waals surface area (Å²) in [6, 6.07) is 7.97. The Labute approximate surface area is 105 Å². The number of fused-ring (bicyclic) bond motifs is 1. The maximum absolute atomic E-state index is 10.5. The van der Waals surface area contributed by atoms with Crippen LogP contribution in [0.3, 0.4) is 0 Å². The summed E-state index contributed by atoms with van der Waals surface area (Å²) in [7, 11) is 0. The molecule has 0 radical (unpaired) electrons. The molecule has 1 aliphatic rings. The predicted octanol–water partition coefficient (Wildman–Crippen LogP) is 3.24. The quantitative estimate of drug-likeness (QED) is 0.856.